The third-order valence-electron chi connectivity index (χ3n) is 6.83. The van der Waals surface area contributed by atoms with Crippen LogP contribution in [0.1, 0.15) is 31.2 Å². The molecule has 0 spiro atoms. The molecule has 5 rings (SSSR count). The van der Waals surface area contributed by atoms with E-state index in [1.54, 1.807) is 7.11 Å². The largest absolute Gasteiger partial charge is 0.497 e. The summed E-state index contributed by atoms with van der Waals surface area (Å²) in [7, 11) is 1.70. The number of piperidine rings is 1. The van der Waals surface area contributed by atoms with Gasteiger partial charge in [0.2, 0.25) is 5.91 Å². The minimum Gasteiger partial charge on any atom is -0.497 e. The molecule has 6 atom stereocenters. The predicted octanol–water partition coefficient (Wildman–Crippen LogP) is 1.52. The van der Waals surface area contributed by atoms with E-state index >= 15 is 0 Å². The van der Waals surface area contributed by atoms with E-state index in [-0.39, 0.29) is 5.92 Å². The summed E-state index contributed by atoms with van der Waals surface area (Å²) in [5, 5.41) is 6.86. The Morgan fingerprint density at radius 2 is 2.12 bits per heavy atom. The topological polar surface area (TPSA) is 53.6 Å². The molecule has 3 saturated heterocycles. The number of carbonyl (C=O) groups is 1. The molecule has 134 valence electrons. The van der Waals surface area contributed by atoms with Crippen molar-refractivity contribution in [1.29, 1.82) is 0 Å². The van der Waals surface area contributed by atoms with Crippen LogP contribution in [0.5, 0.6) is 5.75 Å². The highest BCUT2D eigenvalue weighted by Crippen LogP contribution is 2.43. The van der Waals surface area contributed by atoms with Gasteiger partial charge in [-0.05, 0) is 49.3 Å². The van der Waals surface area contributed by atoms with Gasteiger partial charge in [-0.15, -0.1) is 0 Å². The standard InChI is InChI=1S/C20H27N3O2/c1-25-14-5-2-12(3-6-14)11-23-13-4-7-19(23)18(8-13)22-20(24)16-10-21-17-9-15(16)17/h2-3,5-6,13,15-19,21H,4,7-11H2,1H3,(H,22,24)/t13-,15?,16?,17?,18+,19+/m0/s1. The molecule has 4 aliphatic rings. The molecule has 25 heavy (non-hydrogen) atoms. The maximum absolute atomic E-state index is 12.7. The Morgan fingerprint density at radius 1 is 1.28 bits per heavy atom. The molecule has 2 N–H and O–H groups in total. The number of amides is 1. The molecule has 3 heterocycles. The first-order chi connectivity index (χ1) is 12.2. The number of carbonyl (C=O) groups excluding carboxylic acids is 1. The summed E-state index contributed by atoms with van der Waals surface area (Å²) in [5.74, 6) is 2.01. The third kappa shape index (κ3) is 2.74. The minimum absolute atomic E-state index is 0.208. The molecule has 5 nitrogen and oxygen atoms in total. The molecule has 1 saturated carbocycles. The molecule has 2 bridgehead atoms. The second-order valence-electron chi connectivity index (χ2n) is 8.19. The van der Waals surface area contributed by atoms with Crippen LogP contribution in [0.2, 0.25) is 0 Å². The number of nitrogens with zero attached hydrogens (tertiary/aromatic N) is 1. The maximum Gasteiger partial charge on any atom is 0.225 e. The van der Waals surface area contributed by atoms with Crippen LogP contribution in [0.3, 0.4) is 0 Å². The zero-order valence-electron chi connectivity index (χ0n) is 14.8. The zero-order valence-corrected chi connectivity index (χ0v) is 14.8. The van der Waals surface area contributed by atoms with Gasteiger partial charge in [0.25, 0.3) is 0 Å². The molecule has 0 radical (unpaired) electrons. The summed E-state index contributed by atoms with van der Waals surface area (Å²) in [4.78, 5) is 15.3. The Labute approximate surface area is 149 Å². The number of ether oxygens (including phenoxy) is 1. The van der Waals surface area contributed by atoms with Crippen LogP contribution in [-0.4, -0.2) is 48.6 Å². The van der Waals surface area contributed by atoms with E-state index in [2.05, 4.69) is 27.7 Å². The lowest BCUT2D eigenvalue weighted by Crippen LogP contribution is -2.46. The lowest BCUT2D eigenvalue weighted by Gasteiger charge is -2.26. The minimum atomic E-state index is 0.208. The molecule has 1 amide bonds. The van der Waals surface area contributed by atoms with Gasteiger partial charge in [0, 0.05) is 37.3 Å². The number of hydrogen-bond donors (Lipinski definition) is 2. The second-order valence-corrected chi connectivity index (χ2v) is 8.19. The summed E-state index contributed by atoms with van der Waals surface area (Å²) in [6.45, 7) is 1.85. The quantitative estimate of drug-likeness (QED) is 0.853. The van der Waals surface area contributed by atoms with E-state index in [9.17, 15) is 4.79 Å². The molecule has 1 aromatic carbocycles. The first-order valence-corrected chi connectivity index (χ1v) is 9.65. The molecule has 1 aliphatic carbocycles. The lowest BCUT2D eigenvalue weighted by atomic mass is 9.94. The molecule has 5 heteroatoms. The fourth-order valence-electron chi connectivity index (χ4n) is 5.35. The molecule has 1 aromatic rings. The zero-order chi connectivity index (χ0) is 17.0. The van der Waals surface area contributed by atoms with Crippen LogP contribution in [0.25, 0.3) is 0 Å². The van der Waals surface area contributed by atoms with Crippen LogP contribution >= 0.6 is 0 Å². The monoisotopic (exact) mass is 341 g/mol. The summed E-state index contributed by atoms with van der Waals surface area (Å²) in [6.07, 6.45) is 4.78. The smallest absolute Gasteiger partial charge is 0.225 e. The van der Waals surface area contributed by atoms with Crippen LogP contribution in [0.4, 0.5) is 0 Å². The van der Waals surface area contributed by atoms with Gasteiger partial charge in [-0.3, -0.25) is 9.69 Å². The van der Waals surface area contributed by atoms with Gasteiger partial charge in [0.1, 0.15) is 5.75 Å². The van der Waals surface area contributed by atoms with Gasteiger partial charge in [-0.1, -0.05) is 12.1 Å². The van der Waals surface area contributed by atoms with E-state index in [1.807, 2.05) is 12.1 Å². The number of nitrogens with one attached hydrogen (secondary N) is 2. The van der Waals surface area contributed by atoms with Gasteiger partial charge in [-0.25, -0.2) is 0 Å². The second kappa shape index (κ2) is 5.99. The normalized spacial score (nSPS) is 38.6. The maximum atomic E-state index is 12.7. The van der Waals surface area contributed by atoms with Gasteiger partial charge in [-0.2, -0.15) is 0 Å². The van der Waals surface area contributed by atoms with Crippen molar-refractivity contribution >= 4 is 5.91 Å². The van der Waals surface area contributed by atoms with Crippen molar-refractivity contribution in [3.05, 3.63) is 29.8 Å². The van der Waals surface area contributed by atoms with Crippen molar-refractivity contribution in [3.63, 3.8) is 0 Å². The first kappa shape index (κ1) is 15.6. The van der Waals surface area contributed by atoms with Crippen LogP contribution in [0, 0.1) is 11.8 Å². The molecule has 4 fully saturated rings. The van der Waals surface area contributed by atoms with Crippen molar-refractivity contribution < 1.29 is 9.53 Å². The van der Waals surface area contributed by atoms with E-state index in [0.29, 0.717) is 36.0 Å². The third-order valence-corrected chi connectivity index (χ3v) is 6.83. The lowest BCUT2D eigenvalue weighted by molar-refractivity contribution is -0.126. The number of methoxy groups -OCH3 is 1. The van der Waals surface area contributed by atoms with Gasteiger partial charge in [0.15, 0.2) is 0 Å². The van der Waals surface area contributed by atoms with Crippen molar-refractivity contribution in [1.82, 2.24) is 15.5 Å². The highest BCUT2D eigenvalue weighted by atomic mass is 16.5. The van der Waals surface area contributed by atoms with Crippen LogP contribution < -0.4 is 15.4 Å². The molecule has 3 aliphatic heterocycles. The number of fused-ring (bicyclic) bond motifs is 3. The van der Waals surface area contributed by atoms with E-state index in [1.165, 1.54) is 24.8 Å². The Kier molecular flexibility index (Phi) is 3.75. The average Bonchev–Trinajstić information content (AvgIpc) is 2.97. The van der Waals surface area contributed by atoms with Gasteiger partial charge >= 0.3 is 0 Å². The highest BCUT2D eigenvalue weighted by molar-refractivity contribution is 5.80. The fourth-order valence-corrected chi connectivity index (χ4v) is 5.35. The average molecular weight is 341 g/mol. The number of benzene rings is 1. The van der Waals surface area contributed by atoms with E-state index in [4.69, 9.17) is 4.74 Å². The Balaban J connectivity index is 1.22. The molecular weight excluding hydrogens is 314 g/mol. The van der Waals surface area contributed by atoms with Crippen molar-refractivity contribution in [2.24, 2.45) is 11.8 Å². The summed E-state index contributed by atoms with van der Waals surface area (Å²) >= 11 is 0. The summed E-state index contributed by atoms with van der Waals surface area (Å²) in [6, 6.07) is 10.5. The first-order valence-electron chi connectivity index (χ1n) is 9.65. The number of rotatable bonds is 5. The summed E-state index contributed by atoms with van der Waals surface area (Å²) in [5.41, 5.74) is 1.32. The summed E-state index contributed by atoms with van der Waals surface area (Å²) < 4.78 is 5.25. The number of hydrogen-bond acceptors (Lipinski definition) is 4. The van der Waals surface area contributed by atoms with Gasteiger partial charge < -0.3 is 15.4 Å². The van der Waals surface area contributed by atoms with Crippen molar-refractivity contribution in [3.8, 4) is 5.75 Å². The molecule has 0 aromatic heterocycles. The fraction of sp³-hybridized carbons (Fsp3) is 0.650. The van der Waals surface area contributed by atoms with Crippen LogP contribution in [-0.2, 0) is 11.3 Å². The molecule has 3 unspecified atom stereocenters. The SMILES string of the molecule is COc1ccc(CN2[C@H]3CC[C@@H]2[C@H](NC(=O)C2CNC4CC42)C3)cc1. The predicted molar refractivity (Wildman–Crippen MR) is 95.3 cm³/mol. The van der Waals surface area contributed by atoms with Crippen molar-refractivity contribution in [2.45, 2.75) is 56.4 Å². The van der Waals surface area contributed by atoms with E-state index < -0.39 is 0 Å². The Morgan fingerprint density at radius 3 is 2.80 bits per heavy atom. The van der Waals surface area contributed by atoms with Crippen molar-refractivity contribution in [2.75, 3.05) is 13.7 Å². The van der Waals surface area contributed by atoms with Crippen LogP contribution in [0.15, 0.2) is 24.3 Å². The highest BCUT2D eigenvalue weighted by Gasteiger charge is 2.52. The van der Waals surface area contributed by atoms with E-state index in [0.717, 1.165) is 25.3 Å². The Bertz CT molecular complexity index is 661. The Hall–Kier alpha value is -1.59. The van der Waals surface area contributed by atoms with Gasteiger partial charge in [0.05, 0.1) is 13.0 Å². The molecular formula is C20H27N3O2.